The molecular formula is C25H33NO4. The van der Waals surface area contributed by atoms with Gasteiger partial charge in [-0.1, -0.05) is 23.6 Å². The molecule has 162 valence electrons. The van der Waals surface area contributed by atoms with Gasteiger partial charge >= 0.3 is 11.9 Å². The summed E-state index contributed by atoms with van der Waals surface area (Å²) in [6.45, 7) is 5.08. The maximum Gasteiger partial charge on any atom is 0.331 e. The minimum absolute atomic E-state index is 0.0909. The first-order valence-electron chi connectivity index (χ1n) is 11.5. The molecule has 3 saturated carbocycles. The fraction of sp³-hybridized carbons (Fsp3) is 0.720. The van der Waals surface area contributed by atoms with Crippen LogP contribution in [0.3, 0.4) is 0 Å². The van der Waals surface area contributed by atoms with Crippen molar-refractivity contribution in [2.75, 3.05) is 0 Å². The van der Waals surface area contributed by atoms with Crippen LogP contribution >= 0.6 is 0 Å². The number of terminal acetylenes is 1. The van der Waals surface area contributed by atoms with E-state index in [1.807, 2.05) is 0 Å². The summed E-state index contributed by atoms with van der Waals surface area (Å²) in [5, 5.41) is 4.03. The lowest BCUT2D eigenvalue weighted by Crippen LogP contribution is -2.55. The van der Waals surface area contributed by atoms with Crippen molar-refractivity contribution in [3.63, 3.8) is 0 Å². The number of esters is 1. The minimum atomic E-state index is -0.740. The molecule has 4 aliphatic carbocycles. The summed E-state index contributed by atoms with van der Waals surface area (Å²) < 4.78 is 5.91. The summed E-state index contributed by atoms with van der Waals surface area (Å²) in [6.07, 6.45) is 17.3. The number of ether oxygens (including phenoxy) is 1. The van der Waals surface area contributed by atoms with Crippen molar-refractivity contribution in [2.45, 2.75) is 84.2 Å². The van der Waals surface area contributed by atoms with E-state index >= 15 is 0 Å². The molecule has 5 nitrogen and oxygen atoms in total. The summed E-state index contributed by atoms with van der Waals surface area (Å²) in [5.74, 6) is 4.75. The molecular weight excluding hydrogens is 378 g/mol. The van der Waals surface area contributed by atoms with Gasteiger partial charge in [-0.15, -0.1) is 6.42 Å². The van der Waals surface area contributed by atoms with Gasteiger partial charge in [0.25, 0.3) is 0 Å². The van der Waals surface area contributed by atoms with Crippen LogP contribution in [0.2, 0.25) is 0 Å². The van der Waals surface area contributed by atoms with Crippen molar-refractivity contribution in [3.05, 3.63) is 11.6 Å². The summed E-state index contributed by atoms with van der Waals surface area (Å²) in [5.41, 5.74) is 1.52. The highest BCUT2D eigenvalue weighted by Gasteiger charge is 2.65. The quantitative estimate of drug-likeness (QED) is 0.289. The zero-order valence-electron chi connectivity index (χ0n) is 18.4. The molecule has 0 heterocycles. The molecule has 6 atom stereocenters. The van der Waals surface area contributed by atoms with Crippen LogP contribution in [0.1, 0.15) is 78.6 Å². The van der Waals surface area contributed by atoms with Gasteiger partial charge in [-0.05, 0) is 87.5 Å². The topological polar surface area (TPSA) is 65.0 Å². The highest BCUT2D eigenvalue weighted by Crippen LogP contribution is 2.67. The molecule has 0 saturated heterocycles. The van der Waals surface area contributed by atoms with Crippen LogP contribution in [0, 0.1) is 41.4 Å². The van der Waals surface area contributed by atoms with E-state index in [1.165, 1.54) is 19.4 Å². The van der Waals surface area contributed by atoms with E-state index in [0.717, 1.165) is 63.5 Å². The molecule has 0 aliphatic heterocycles. The lowest BCUT2D eigenvalue weighted by atomic mass is 9.49. The Morgan fingerprint density at radius 1 is 1.13 bits per heavy atom. The monoisotopic (exact) mass is 411 g/mol. The Bertz CT molecular complexity index is 837. The fourth-order valence-electron chi connectivity index (χ4n) is 7.57. The van der Waals surface area contributed by atoms with Gasteiger partial charge < -0.3 is 9.57 Å². The Hall–Kier alpha value is -2.09. The lowest BCUT2D eigenvalue weighted by molar-refractivity contribution is -0.170. The SMILES string of the molecule is C#CC1(OC(C)=O)CC[C@@H]2[C@@H]3CCC4=C/C(=N/OC(C)=O)CC[C@@H]4[C@@H]3CC[C@@]21CC. The molecule has 5 heteroatoms. The standard InChI is InChI=1S/C25H33NO4/c1-5-24-13-11-21-20-10-8-19(26-30-17(4)28)15-18(20)7-9-22(21)23(24)12-14-25(24,6-2)29-16(3)27/h2,15,20-23H,5,7-14H2,1,3-4H3/b26-19+/t20-,21-,22+,23+,24-,25?/m0/s1. The predicted molar refractivity (Wildman–Crippen MR) is 114 cm³/mol. The number of nitrogens with zero attached hydrogens (tertiary/aromatic N) is 1. The van der Waals surface area contributed by atoms with Crippen LogP contribution in [-0.4, -0.2) is 23.3 Å². The van der Waals surface area contributed by atoms with Gasteiger partial charge in [0, 0.05) is 19.3 Å². The number of hydrogen-bond donors (Lipinski definition) is 0. The van der Waals surface area contributed by atoms with Gasteiger partial charge in [0.2, 0.25) is 0 Å². The second-order valence-electron chi connectivity index (χ2n) is 9.65. The molecule has 0 aromatic heterocycles. The molecule has 0 aromatic carbocycles. The predicted octanol–water partition coefficient (Wildman–Crippen LogP) is 4.80. The molecule has 3 fully saturated rings. The summed E-state index contributed by atoms with van der Waals surface area (Å²) in [7, 11) is 0. The average molecular weight is 412 g/mol. The number of hydrogen-bond acceptors (Lipinski definition) is 5. The second-order valence-corrected chi connectivity index (χ2v) is 9.65. The highest BCUT2D eigenvalue weighted by atomic mass is 16.7. The summed E-state index contributed by atoms with van der Waals surface area (Å²) in [4.78, 5) is 27.9. The van der Waals surface area contributed by atoms with Crippen LogP contribution < -0.4 is 0 Å². The van der Waals surface area contributed by atoms with Crippen molar-refractivity contribution >= 4 is 17.7 Å². The van der Waals surface area contributed by atoms with Gasteiger partial charge in [0.05, 0.1) is 5.71 Å². The molecule has 0 spiro atoms. The molecule has 1 unspecified atom stereocenters. The van der Waals surface area contributed by atoms with Crippen molar-refractivity contribution in [3.8, 4) is 12.3 Å². The van der Waals surface area contributed by atoms with Crippen molar-refractivity contribution < 1.29 is 19.2 Å². The van der Waals surface area contributed by atoms with Crippen molar-refractivity contribution in [1.82, 2.24) is 0 Å². The molecule has 4 rings (SSSR count). The van der Waals surface area contributed by atoms with Crippen LogP contribution in [0.15, 0.2) is 16.8 Å². The number of oxime groups is 1. The zero-order valence-corrected chi connectivity index (χ0v) is 18.4. The maximum absolute atomic E-state index is 11.9. The first-order valence-corrected chi connectivity index (χ1v) is 11.5. The molecule has 0 aromatic rings. The molecule has 4 aliphatic rings. The van der Waals surface area contributed by atoms with Crippen LogP contribution in [-0.2, 0) is 19.2 Å². The van der Waals surface area contributed by atoms with E-state index in [9.17, 15) is 9.59 Å². The fourth-order valence-corrected chi connectivity index (χ4v) is 7.57. The number of rotatable bonds is 3. The number of allylic oxidation sites excluding steroid dienone is 2. The van der Waals surface area contributed by atoms with Crippen molar-refractivity contribution in [1.29, 1.82) is 0 Å². The third-order valence-electron chi connectivity index (χ3n) is 8.61. The summed E-state index contributed by atoms with van der Waals surface area (Å²) in [6, 6.07) is 0. The van der Waals surface area contributed by atoms with E-state index in [4.69, 9.17) is 16.0 Å². The third-order valence-corrected chi connectivity index (χ3v) is 8.61. The van der Waals surface area contributed by atoms with Gasteiger partial charge in [0.1, 0.15) is 0 Å². The second kappa shape index (κ2) is 7.87. The summed E-state index contributed by atoms with van der Waals surface area (Å²) >= 11 is 0. The van der Waals surface area contributed by atoms with Gasteiger partial charge in [-0.2, -0.15) is 0 Å². The Kier molecular flexibility index (Phi) is 5.55. The largest absolute Gasteiger partial charge is 0.445 e. The lowest BCUT2D eigenvalue weighted by Gasteiger charge is -2.56. The first-order chi connectivity index (χ1) is 14.4. The van der Waals surface area contributed by atoms with Crippen LogP contribution in [0.25, 0.3) is 0 Å². The van der Waals surface area contributed by atoms with Gasteiger partial charge in [-0.3, -0.25) is 4.79 Å². The molecule has 0 bridgehead atoms. The highest BCUT2D eigenvalue weighted by molar-refractivity contribution is 5.96. The van der Waals surface area contributed by atoms with Crippen molar-refractivity contribution in [2.24, 2.45) is 34.2 Å². The molecule has 0 N–H and O–H groups in total. The Labute approximate surface area is 179 Å². The third kappa shape index (κ3) is 3.20. The van der Waals surface area contributed by atoms with E-state index in [-0.39, 0.29) is 17.4 Å². The number of carbonyl (C=O) groups excluding carboxylic acids is 2. The van der Waals surface area contributed by atoms with E-state index in [0.29, 0.717) is 23.7 Å². The van der Waals surface area contributed by atoms with Gasteiger partial charge in [0.15, 0.2) is 5.60 Å². The Morgan fingerprint density at radius 2 is 1.93 bits per heavy atom. The number of carbonyl (C=O) groups is 2. The van der Waals surface area contributed by atoms with Gasteiger partial charge in [-0.25, -0.2) is 4.79 Å². The van der Waals surface area contributed by atoms with Crippen LogP contribution in [0.5, 0.6) is 0 Å². The normalized spacial score (nSPS) is 41.0. The molecule has 0 radical (unpaired) electrons. The maximum atomic E-state index is 11.9. The first kappa shape index (κ1) is 21.2. The van der Waals surface area contributed by atoms with Crippen LogP contribution in [0.4, 0.5) is 0 Å². The minimum Gasteiger partial charge on any atom is -0.445 e. The number of fused-ring (bicyclic) bond motifs is 5. The zero-order chi connectivity index (χ0) is 21.5. The molecule has 30 heavy (non-hydrogen) atoms. The van der Waals surface area contributed by atoms with E-state index < -0.39 is 5.60 Å². The van der Waals surface area contributed by atoms with E-state index in [2.05, 4.69) is 24.1 Å². The molecule has 0 amide bonds. The Morgan fingerprint density at radius 3 is 2.60 bits per heavy atom. The Balaban J connectivity index is 1.59. The average Bonchev–Trinajstić information content (AvgIpc) is 3.06. The smallest absolute Gasteiger partial charge is 0.331 e. The van der Waals surface area contributed by atoms with E-state index in [1.54, 1.807) is 0 Å².